The van der Waals surface area contributed by atoms with Crippen LogP contribution in [0.5, 0.6) is 5.75 Å². The van der Waals surface area contributed by atoms with Gasteiger partial charge in [0.05, 0.1) is 29.7 Å². The van der Waals surface area contributed by atoms with Crippen LogP contribution in [0.2, 0.25) is 0 Å². The molecule has 1 aliphatic rings. The molecule has 7 atom stereocenters. The average molecular weight is 552 g/mol. The number of carbonyl (C=O) groups excluding carboxylic acids is 4. The maximum atomic E-state index is 13.7. The molecule has 1 aromatic carbocycles. The molecule has 2 unspecified atom stereocenters. The van der Waals surface area contributed by atoms with E-state index in [0.29, 0.717) is 12.0 Å². The van der Waals surface area contributed by atoms with E-state index in [9.17, 15) is 29.4 Å². The van der Waals surface area contributed by atoms with Crippen LogP contribution in [0, 0.1) is 11.8 Å². The normalized spacial score (nSPS) is 26.6. The highest BCUT2D eigenvalue weighted by molar-refractivity contribution is 6.00. The van der Waals surface area contributed by atoms with Crippen molar-refractivity contribution < 1.29 is 29.4 Å². The molecule has 2 heterocycles. The standard InChI is InChI=1S/C29H37N5O6/c1-5-16(3)23-28(39)31-17(4)24(34-27(38)20-11-7-8-12-22(20)35)29(40)32-21(14-18-10-9-13-30-15-18)25(36)19(6-2)26(37)33-23/h6-13,15-17,19,21,23-25,35-36H,2,5,14H2,1,3-4H3,(H,31,39)(H,32,40)(H,33,37)(H,34,38)/t16?,17-,19-,21+,23?,24+,25+/m1/s1. The van der Waals surface area contributed by atoms with Gasteiger partial charge >= 0.3 is 0 Å². The van der Waals surface area contributed by atoms with E-state index in [0.717, 1.165) is 0 Å². The number of aliphatic hydroxyl groups is 1. The van der Waals surface area contributed by atoms with Crippen molar-refractivity contribution in [2.45, 2.75) is 63.9 Å². The number of nitrogens with zero attached hydrogens (tertiary/aromatic N) is 1. The van der Waals surface area contributed by atoms with Crippen LogP contribution in [-0.2, 0) is 20.8 Å². The highest BCUT2D eigenvalue weighted by Gasteiger charge is 2.39. The number of aliphatic hydroxyl groups excluding tert-OH is 1. The zero-order chi connectivity index (χ0) is 29.4. The second-order valence-electron chi connectivity index (χ2n) is 10.1. The lowest BCUT2D eigenvalue weighted by Crippen LogP contribution is -2.64. The summed E-state index contributed by atoms with van der Waals surface area (Å²) in [6, 6.07) is 5.16. The van der Waals surface area contributed by atoms with Gasteiger partial charge in [-0.2, -0.15) is 0 Å². The molecule has 4 amide bonds. The van der Waals surface area contributed by atoms with Gasteiger partial charge in [0.15, 0.2) is 0 Å². The number of aromatic nitrogens is 1. The number of pyridine rings is 1. The summed E-state index contributed by atoms with van der Waals surface area (Å²) in [6.45, 7) is 8.93. The third-order valence-electron chi connectivity index (χ3n) is 7.22. The first-order valence-electron chi connectivity index (χ1n) is 13.3. The van der Waals surface area contributed by atoms with E-state index < -0.39 is 59.8 Å². The number of phenols is 1. The molecule has 1 aliphatic heterocycles. The zero-order valence-corrected chi connectivity index (χ0v) is 22.8. The van der Waals surface area contributed by atoms with Gasteiger partial charge in [-0.25, -0.2) is 0 Å². The van der Waals surface area contributed by atoms with Gasteiger partial charge < -0.3 is 31.5 Å². The Morgan fingerprint density at radius 1 is 1.10 bits per heavy atom. The highest BCUT2D eigenvalue weighted by Crippen LogP contribution is 2.19. The summed E-state index contributed by atoms with van der Waals surface area (Å²) >= 11 is 0. The van der Waals surface area contributed by atoms with E-state index in [1.54, 1.807) is 50.5 Å². The first kappa shape index (κ1) is 30.3. The van der Waals surface area contributed by atoms with Gasteiger partial charge in [-0.1, -0.05) is 44.5 Å². The predicted molar refractivity (Wildman–Crippen MR) is 148 cm³/mol. The Balaban J connectivity index is 2.04. The van der Waals surface area contributed by atoms with E-state index in [2.05, 4.69) is 32.8 Å². The Bertz CT molecular complexity index is 1220. The van der Waals surface area contributed by atoms with Crippen molar-refractivity contribution in [1.82, 2.24) is 26.3 Å². The van der Waals surface area contributed by atoms with Crippen LogP contribution in [0.1, 0.15) is 43.1 Å². The van der Waals surface area contributed by atoms with Crippen molar-refractivity contribution in [2.24, 2.45) is 11.8 Å². The summed E-state index contributed by atoms with van der Waals surface area (Å²) in [5.74, 6) is -4.30. The second-order valence-corrected chi connectivity index (χ2v) is 10.1. The lowest BCUT2D eigenvalue weighted by atomic mass is 9.89. The third-order valence-corrected chi connectivity index (χ3v) is 7.22. The first-order valence-corrected chi connectivity index (χ1v) is 13.3. The molecular weight excluding hydrogens is 514 g/mol. The SMILES string of the molecule is C=C[C@H]1C(=O)NC(C(C)CC)C(=O)N[C@H](C)[C@H](NC(=O)c2ccccc2O)C(=O)N[C@@H](Cc2cccnc2)[C@H]1O. The van der Waals surface area contributed by atoms with E-state index >= 15 is 0 Å². The number of aromatic hydroxyl groups is 1. The van der Waals surface area contributed by atoms with Crippen LogP contribution in [0.4, 0.5) is 0 Å². The largest absolute Gasteiger partial charge is 0.507 e. The molecule has 11 nitrogen and oxygen atoms in total. The molecule has 0 saturated carbocycles. The van der Waals surface area contributed by atoms with E-state index in [1.165, 1.54) is 18.2 Å². The molecule has 1 saturated heterocycles. The summed E-state index contributed by atoms with van der Waals surface area (Å²) in [7, 11) is 0. The lowest BCUT2D eigenvalue weighted by molar-refractivity contribution is -0.136. The summed E-state index contributed by atoms with van der Waals surface area (Å²) in [4.78, 5) is 57.5. The van der Waals surface area contributed by atoms with Gasteiger partial charge in [-0.05, 0) is 43.0 Å². The summed E-state index contributed by atoms with van der Waals surface area (Å²) < 4.78 is 0. The van der Waals surface area contributed by atoms with Gasteiger partial charge in [-0.15, -0.1) is 6.58 Å². The number of hydrogen-bond acceptors (Lipinski definition) is 7. The minimum Gasteiger partial charge on any atom is -0.507 e. The third kappa shape index (κ3) is 7.23. The van der Waals surface area contributed by atoms with E-state index in [-0.39, 0.29) is 23.7 Å². The molecule has 2 aromatic rings. The number of benzene rings is 1. The van der Waals surface area contributed by atoms with Crippen molar-refractivity contribution in [3.8, 4) is 5.75 Å². The molecule has 0 spiro atoms. The number of amides is 4. The zero-order valence-electron chi connectivity index (χ0n) is 22.8. The molecule has 0 radical (unpaired) electrons. The van der Waals surface area contributed by atoms with Crippen LogP contribution in [0.3, 0.4) is 0 Å². The van der Waals surface area contributed by atoms with Crippen molar-refractivity contribution in [2.75, 3.05) is 0 Å². The fraction of sp³-hybridized carbons (Fsp3) is 0.414. The fourth-order valence-corrected chi connectivity index (χ4v) is 4.61. The lowest BCUT2D eigenvalue weighted by Gasteiger charge is -2.35. The summed E-state index contributed by atoms with van der Waals surface area (Å²) in [5.41, 5.74) is 0.638. The highest BCUT2D eigenvalue weighted by atomic mass is 16.3. The smallest absolute Gasteiger partial charge is 0.255 e. The minimum absolute atomic E-state index is 0.0524. The molecule has 6 N–H and O–H groups in total. The fourth-order valence-electron chi connectivity index (χ4n) is 4.61. The Hall–Kier alpha value is -4.25. The van der Waals surface area contributed by atoms with Crippen molar-refractivity contribution >= 4 is 23.6 Å². The molecule has 3 rings (SSSR count). The van der Waals surface area contributed by atoms with Gasteiger partial charge in [0, 0.05) is 12.4 Å². The van der Waals surface area contributed by atoms with Crippen molar-refractivity contribution in [3.05, 3.63) is 72.6 Å². The summed E-state index contributed by atoms with van der Waals surface area (Å²) in [6.07, 6.45) is 3.70. The molecule has 0 aliphatic carbocycles. The molecule has 40 heavy (non-hydrogen) atoms. The Kier molecular flexibility index (Phi) is 10.4. The predicted octanol–water partition coefficient (Wildman–Crippen LogP) is 0.825. The van der Waals surface area contributed by atoms with E-state index in [1.807, 2.05) is 6.92 Å². The van der Waals surface area contributed by atoms with Crippen LogP contribution in [0.15, 0.2) is 61.4 Å². The quantitative estimate of drug-likeness (QED) is 0.277. The van der Waals surface area contributed by atoms with Crippen LogP contribution >= 0.6 is 0 Å². The van der Waals surface area contributed by atoms with E-state index in [4.69, 9.17) is 0 Å². The van der Waals surface area contributed by atoms with Gasteiger partial charge in [0.2, 0.25) is 17.7 Å². The van der Waals surface area contributed by atoms with Crippen LogP contribution < -0.4 is 21.3 Å². The molecule has 214 valence electrons. The molecule has 1 aromatic heterocycles. The topological polar surface area (TPSA) is 170 Å². The molecular formula is C29H37N5O6. The average Bonchev–Trinajstić information content (AvgIpc) is 2.94. The van der Waals surface area contributed by atoms with Crippen LogP contribution in [0.25, 0.3) is 0 Å². The van der Waals surface area contributed by atoms with Crippen molar-refractivity contribution in [1.29, 1.82) is 0 Å². The Morgan fingerprint density at radius 3 is 2.45 bits per heavy atom. The summed E-state index contributed by atoms with van der Waals surface area (Å²) in [5, 5.41) is 32.4. The number of hydrogen-bond donors (Lipinski definition) is 6. The number of para-hydroxylation sites is 1. The second kappa shape index (κ2) is 13.7. The first-order chi connectivity index (χ1) is 19.1. The van der Waals surface area contributed by atoms with Crippen LogP contribution in [-0.4, -0.2) is 69.1 Å². The number of carbonyl (C=O) groups is 4. The number of rotatable bonds is 7. The monoisotopic (exact) mass is 551 g/mol. The molecule has 0 bridgehead atoms. The molecule has 11 heteroatoms. The maximum absolute atomic E-state index is 13.7. The Labute approximate surface area is 233 Å². The molecule has 1 fully saturated rings. The van der Waals surface area contributed by atoms with Gasteiger partial charge in [0.1, 0.15) is 17.8 Å². The number of phenolic OH excluding ortho intramolecular Hbond substituents is 1. The van der Waals surface area contributed by atoms with Gasteiger partial charge in [0.25, 0.3) is 5.91 Å². The van der Waals surface area contributed by atoms with Crippen molar-refractivity contribution in [3.63, 3.8) is 0 Å². The number of nitrogens with one attached hydrogen (secondary N) is 4. The maximum Gasteiger partial charge on any atom is 0.255 e. The minimum atomic E-state index is -1.42. The van der Waals surface area contributed by atoms with Gasteiger partial charge in [-0.3, -0.25) is 24.2 Å². The Morgan fingerprint density at radius 2 is 1.82 bits per heavy atom.